The molecule has 0 amide bonds. The first-order valence-electron chi connectivity index (χ1n) is 7.20. The van der Waals surface area contributed by atoms with Crippen molar-refractivity contribution in [2.24, 2.45) is 0 Å². The SMILES string of the molecule is COc1ccc(CN2CCc3c(nc(C)[nH]c3=O)C2)cc1F. The predicted molar refractivity (Wildman–Crippen MR) is 80.4 cm³/mol. The molecule has 22 heavy (non-hydrogen) atoms. The van der Waals surface area contributed by atoms with E-state index in [1.165, 1.54) is 13.2 Å². The normalized spacial score (nSPS) is 14.7. The molecule has 0 fully saturated rings. The number of nitrogens with one attached hydrogen (secondary N) is 1. The number of aromatic nitrogens is 2. The molecule has 0 atom stereocenters. The van der Waals surface area contributed by atoms with Crippen LogP contribution in [0.4, 0.5) is 4.39 Å². The summed E-state index contributed by atoms with van der Waals surface area (Å²) >= 11 is 0. The van der Waals surface area contributed by atoms with Crippen LogP contribution in [0.5, 0.6) is 5.75 Å². The maximum Gasteiger partial charge on any atom is 0.254 e. The first-order chi connectivity index (χ1) is 10.6. The van der Waals surface area contributed by atoms with Crippen molar-refractivity contribution in [3.8, 4) is 5.75 Å². The number of hydrogen-bond acceptors (Lipinski definition) is 4. The van der Waals surface area contributed by atoms with Gasteiger partial charge in [0.05, 0.1) is 12.8 Å². The fraction of sp³-hybridized carbons (Fsp3) is 0.375. The van der Waals surface area contributed by atoms with Gasteiger partial charge in [0.15, 0.2) is 11.6 Å². The van der Waals surface area contributed by atoms with Crippen LogP contribution in [-0.2, 0) is 19.5 Å². The lowest BCUT2D eigenvalue weighted by Crippen LogP contribution is -2.35. The van der Waals surface area contributed by atoms with Gasteiger partial charge in [0.2, 0.25) is 0 Å². The molecule has 3 rings (SSSR count). The molecule has 1 N–H and O–H groups in total. The van der Waals surface area contributed by atoms with Crippen LogP contribution in [0.25, 0.3) is 0 Å². The zero-order chi connectivity index (χ0) is 15.7. The van der Waals surface area contributed by atoms with Gasteiger partial charge in [-0.05, 0) is 31.0 Å². The molecule has 0 spiro atoms. The lowest BCUT2D eigenvalue weighted by atomic mass is 10.1. The minimum Gasteiger partial charge on any atom is -0.494 e. The molecule has 1 aromatic carbocycles. The number of aryl methyl sites for hydroxylation is 1. The number of H-pyrrole nitrogens is 1. The van der Waals surface area contributed by atoms with Gasteiger partial charge in [0.25, 0.3) is 5.56 Å². The number of benzene rings is 1. The van der Waals surface area contributed by atoms with E-state index in [0.717, 1.165) is 23.4 Å². The summed E-state index contributed by atoms with van der Waals surface area (Å²) in [5, 5.41) is 0. The van der Waals surface area contributed by atoms with Crippen molar-refractivity contribution in [3.63, 3.8) is 0 Å². The van der Waals surface area contributed by atoms with Crippen LogP contribution < -0.4 is 10.3 Å². The van der Waals surface area contributed by atoms with E-state index in [1.807, 2.05) is 6.07 Å². The second kappa shape index (κ2) is 5.88. The number of hydrogen-bond donors (Lipinski definition) is 1. The fourth-order valence-electron chi connectivity index (χ4n) is 2.82. The summed E-state index contributed by atoms with van der Waals surface area (Å²) in [6, 6.07) is 4.98. The molecule has 1 aromatic heterocycles. The highest BCUT2D eigenvalue weighted by atomic mass is 19.1. The Balaban J connectivity index is 1.78. The maximum atomic E-state index is 13.7. The molecular weight excluding hydrogens is 285 g/mol. The van der Waals surface area contributed by atoms with Gasteiger partial charge in [0, 0.05) is 25.2 Å². The van der Waals surface area contributed by atoms with Gasteiger partial charge in [-0.3, -0.25) is 9.69 Å². The van der Waals surface area contributed by atoms with E-state index in [9.17, 15) is 9.18 Å². The van der Waals surface area contributed by atoms with Crippen LogP contribution in [-0.4, -0.2) is 28.5 Å². The molecule has 1 aliphatic heterocycles. The van der Waals surface area contributed by atoms with Crippen LogP contribution in [0, 0.1) is 12.7 Å². The Morgan fingerprint density at radius 1 is 1.45 bits per heavy atom. The number of nitrogens with zero attached hydrogens (tertiary/aromatic N) is 2. The largest absolute Gasteiger partial charge is 0.494 e. The summed E-state index contributed by atoms with van der Waals surface area (Å²) in [4.78, 5) is 21.2. The number of fused-ring (bicyclic) bond motifs is 1. The van der Waals surface area contributed by atoms with Crippen molar-refractivity contribution < 1.29 is 9.13 Å². The third-order valence-electron chi connectivity index (χ3n) is 3.89. The molecule has 1 aliphatic rings. The topological polar surface area (TPSA) is 58.2 Å². The highest BCUT2D eigenvalue weighted by Gasteiger charge is 2.20. The Labute approximate surface area is 127 Å². The van der Waals surface area contributed by atoms with Crippen molar-refractivity contribution >= 4 is 0 Å². The summed E-state index contributed by atoms with van der Waals surface area (Å²) < 4.78 is 18.7. The molecule has 6 heteroatoms. The second-order valence-electron chi connectivity index (χ2n) is 5.51. The molecule has 116 valence electrons. The van der Waals surface area contributed by atoms with Crippen molar-refractivity contribution in [3.05, 3.63) is 57.0 Å². The Morgan fingerprint density at radius 2 is 2.27 bits per heavy atom. The van der Waals surface area contributed by atoms with E-state index in [2.05, 4.69) is 14.9 Å². The Bertz CT molecular complexity index is 758. The summed E-state index contributed by atoms with van der Waals surface area (Å²) in [5.41, 5.74) is 2.42. The van der Waals surface area contributed by atoms with Gasteiger partial charge in [0.1, 0.15) is 5.82 Å². The summed E-state index contributed by atoms with van der Waals surface area (Å²) in [7, 11) is 1.45. The summed E-state index contributed by atoms with van der Waals surface area (Å²) in [6.07, 6.45) is 0.663. The average molecular weight is 303 g/mol. The lowest BCUT2D eigenvalue weighted by Gasteiger charge is -2.27. The van der Waals surface area contributed by atoms with E-state index < -0.39 is 0 Å². The Morgan fingerprint density at radius 3 is 3.00 bits per heavy atom. The molecule has 5 nitrogen and oxygen atoms in total. The number of ether oxygens (including phenoxy) is 1. The van der Waals surface area contributed by atoms with Crippen molar-refractivity contribution in [2.75, 3.05) is 13.7 Å². The molecule has 0 unspecified atom stereocenters. The Hall–Kier alpha value is -2.21. The zero-order valence-corrected chi connectivity index (χ0v) is 12.6. The van der Waals surface area contributed by atoms with E-state index >= 15 is 0 Å². The first-order valence-corrected chi connectivity index (χ1v) is 7.20. The quantitative estimate of drug-likeness (QED) is 0.939. The number of halogens is 1. The maximum absolute atomic E-state index is 13.7. The third-order valence-corrected chi connectivity index (χ3v) is 3.89. The molecule has 2 aromatic rings. The average Bonchev–Trinajstić information content (AvgIpc) is 2.47. The van der Waals surface area contributed by atoms with Crippen LogP contribution in [0.15, 0.2) is 23.0 Å². The number of rotatable bonds is 3. The van der Waals surface area contributed by atoms with Crippen molar-refractivity contribution in [1.82, 2.24) is 14.9 Å². The van der Waals surface area contributed by atoms with E-state index in [4.69, 9.17) is 4.74 Å². The van der Waals surface area contributed by atoms with Crippen LogP contribution in [0.3, 0.4) is 0 Å². The zero-order valence-electron chi connectivity index (χ0n) is 12.6. The van der Waals surface area contributed by atoms with Gasteiger partial charge in [-0.1, -0.05) is 6.07 Å². The Kier molecular flexibility index (Phi) is 3.94. The van der Waals surface area contributed by atoms with Gasteiger partial charge < -0.3 is 9.72 Å². The minimum absolute atomic E-state index is 0.0439. The van der Waals surface area contributed by atoms with Crippen LogP contribution >= 0.6 is 0 Å². The smallest absolute Gasteiger partial charge is 0.254 e. The summed E-state index contributed by atoms with van der Waals surface area (Å²) in [6.45, 7) is 3.76. The molecule has 0 radical (unpaired) electrons. The van der Waals surface area contributed by atoms with Gasteiger partial charge >= 0.3 is 0 Å². The molecule has 0 saturated heterocycles. The molecule has 0 bridgehead atoms. The van der Waals surface area contributed by atoms with Gasteiger partial charge in [-0.15, -0.1) is 0 Å². The number of aromatic amines is 1. The van der Waals surface area contributed by atoms with Crippen molar-refractivity contribution in [1.29, 1.82) is 0 Å². The molecule has 0 aliphatic carbocycles. The highest BCUT2D eigenvalue weighted by molar-refractivity contribution is 5.29. The van der Waals surface area contributed by atoms with E-state index in [-0.39, 0.29) is 17.1 Å². The van der Waals surface area contributed by atoms with Crippen LogP contribution in [0.2, 0.25) is 0 Å². The standard InChI is InChI=1S/C16H18FN3O2/c1-10-18-14-9-20(6-5-12(14)16(21)19-10)8-11-3-4-15(22-2)13(17)7-11/h3-4,7H,5-6,8-9H2,1-2H3,(H,18,19,21). The van der Waals surface area contributed by atoms with E-state index in [0.29, 0.717) is 25.3 Å². The minimum atomic E-state index is -0.358. The predicted octanol–water partition coefficient (Wildman–Crippen LogP) is 1.78. The second-order valence-corrected chi connectivity index (χ2v) is 5.51. The third kappa shape index (κ3) is 2.87. The fourth-order valence-corrected chi connectivity index (χ4v) is 2.82. The monoisotopic (exact) mass is 303 g/mol. The van der Waals surface area contributed by atoms with Gasteiger partial charge in [-0.2, -0.15) is 0 Å². The number of methoxy groups -OCH3 is 1. The molecule has 0 saturated carbocycles. The van der Waals surface area contributed by atoms with E-state index in [1.54, 1.807) is 13.0 Å². The van der Waals surface area contributed by atoms with Crippen molar-refractivity contribution in [2.45, 2.75) is 26.4 Å². The lowest BCUT2D eigenvalue weighted by molar-refractivity contribution is 0.239. The molecular formula is C16H18FN3O2. The molecule has 2 heterocycles. The van der Waals surface area contributed by atoms with Gasteiger partial charge in [-0.25, -0.2) is 9.37 Å². The summed E-state index contributed by atoms with van der Waals surface area (Å²) in [5.74, 6) is 0.514. The highest BCUT2D eigenvalue weighted by Crippen LogP contribution is 2.21. The van der Waals surface area contributed by atoms with Crippen LogP contribution in [0.1, 0.15) is 22.6 Å². The first kappa shape index (κ1) is 14.7.